The average Bonchev–Trinajstić information content (AvgIpc) is 2.60. The van der Waals surface area contributed by atoms with Gasteiger partial charge in [-0.15, -0.1) is 0 Å². The second-order valence-electron chi connectivity index (χ2n) is 6.27. The molecule has 0 heterocycles. The van der Waals surface area contributed by atoms with Gasteiger partial charge in [-0.3, -0.25) is 9.59 Å². The van der Waals surface area contributed by atoms with Gasteiger partial charge in [0.25, 0.3) is 11.8 Å². The molecule has 2 aromatic rings. The van der Waals surface area contributed by atoms with E-state index in [0.29, 0.717) is 22.9 Å². The molecule has 0 radical (unpaired) electrons. The van der Waals surface area contributed by atoms with E-state index >= 15 is 0 Å². The fourth-order valence-electron chi connectivity index (χ4n) is 2.44. The summed E-state index contributed by atoms with van der Waals surface area (Å²) in [7, 11) is 3.35. The van der Waals surface area contributed by atoms with Crippen molar-refractivity contribution in [1.29, 1.82) is 0 Å². The number of carbonyl (C=O) groups is 2. The lowest BCUT2D eigenvalue weighted by molar-refractivity contribution is -0.118. The highest BCUT2D eigenvalue weighted by atomic mass is 16.5. The lowest BCUT2D eigenvalue weighted by Gasteiger charge is -2.16. The number of ether oxygens (including phenoxy) is 1. The van der Waals surface area contributed by atoms with Gasteiger partial charge in [0.1, 0.15) is 5.75 Å². The van der Waals surface area contributed by atoms with Gasteiger partial charge in [-0.05, 0) is 29.7 Å². The van der Waals surface area contributed by atoms with Crippen LogP contribution in [0.15, 0.2) is 48.5 Å². The van der Waals surface area contributed by atoms with Crippen molar-refractivity contribution in [3.8, 4) is 5.75 Å². The normalized spacial score (nSPS) is 10.4. The first kappa shape index (κ1) is 18.5. The predicted octanol–water partition coefficient (Wildman–Crippen LogP) is 3.53. The summed E-state index contributed by atoms with van der Waals surface area (Å²) < 4.78 is 5.67. The zero-order chi connectivity index (χ0) is 18.4. The van der Waals surface area contributed by atoms with Crippen LogP contribution in [-0.2, 0) is 4.79 Å². The van der Waals surface area contributed by atoms with E-state index in [0.717, 1.165) is 5.56 Å². The molecule has 0 saturated carbocycles. The molecule has 132 valence electrons. The second-order valence-corrected chi connectivity index (χ2v) is 6.27. The highest BCUT2D eigenvalue weighted by molar-refractivity contribution is 6.03. The minimum absolute atomic E-state index is 0.117. The summed E-state index contributed by atoms with van der Waals surface area (Å²) in [5.41, 5.74) is 1.98. The maximum atomic E-state index is 12.3. The van der Waals surface area contributed by atoms with Gasteiger partial charge in [-0.25, -0.2) is 0 Å². The molecular formula is C20H24N2O3. The van der Waals surface area contributed by atoms with Gasteiger partial charge in [0.15, 0.2) is 6.61 Å². The lowest BCUT2D eigenvalue weighted by Crippen LogP contribution is -2.25. The molecule has 0 atom stereocenters. The number of amides is 2. The zero-order valence-electron chi connectivity index (χ0n) is 15.1. The molecule has 25 heavy (non-hydrogen) atoms. The van der Waals surface area contributed by atoms with Gasteiger partial charge in [0, 0.05) is 14.1 Å². The first-order valence-electron chi connectivity index (χ1n) is 8.22. The van der Waals surface area contributed by atoms with Crippen LogP contribution in [0, 0.1) is 0 Å². The van der Waals surface area contributed by atoms with Gasteiger partial charge in [0.05, 0.1) is 11.3 Å². The summed E-state index contributed by atoms with van der Waals surface area (Å²) in [5, 5.41) is 2.75. The Morgan fingerprint density at radius 1 is 1.04 bits per heavy atom. The summed E-state index contributed by atoms with van der Waals surface area (Å²) >= 11 is 0. The van der Waals surface area contributed by atoms with E-state index in [4.69, 9.17) is 4.74 Å². The third-order valence-electron chi connectivity index (χ3n) is 3.74. The molecule has 0 aliphatic heterocycles. The van der Waals surface area contributed by atoms with Crippen molar-refractivity contribution >= 4 is 17.5 Å². The fourth-order valence-corrected chi connectivity index (χ4v) is 2.44. The molecule has 5 nitrogen and oxygen atoms in total. The highest BCUT2D eigenvalue weighted by Gasteiger charge is 2.15. The first-order chi connectivity index (χ1) is 11.9. The van der Waals surface area contributed by atoms with Gasteiger partial charge in [-0.1, -0.05) is 44.2 Å². The number of para-hydroxylation sites is 2. The quantitative estimate of drug-likeness (QED) is 0.875. The second kappa shape index (κ2) is 8.33. The third-order valence-corrected chi connectivity index (χ3v) is 3.74. The van der Waals surface area contributed by atoms with Crippen molar-refractivity contribution in [1.82, 2.24) is 4.90 Å². The fraction of sp³-hybridized carbons (Fsp3) is 0.300. The Balaban J connectivity index is 2.06. The maximum Gasteiger partial charge on any atom is 0.262 e. The third kappa shape index (κ3) is 4.83. The van der Waals surface area contributed by atoms with E-state index in [2.05, 4.69) is 19.2 Å². The average molecular weight is 340 g/mol. The van der Waals surface area contributed by atoms with Crippen LogP contribution in [0.2, 0.25) is 0 Å². The van der Waals surface area contributed by atoms with E-state index in [9.17, 15) is 9.59 Å². The predicted molar refractivity (Wildman–Crippen MR) is 99.1 cm³/mol. The molecule has 0 bridgehead atoms. The molecule has 2 amide bonds. The van der Waals surface area contributed by atoms with E-state index in [1.54, 1.807) is 38.4 Å². The number of hydrogen-bond donors (Lipinski definition) is 1. The Bertz CT molecular complexity index is 754. The van der Waals surface area contributed by atoms with Crippen LogP contribution >= 0.6 is 0 Å². The number of benzene rings is 2. The molecule has 0 saturated heterocycles. The molecule has 0 spiro atoms. The minimum Gasteiger partial charge on any atom is -0.483 e. The molecule has 0 aliphatic carbocycles. The van der Waals surface area contributed by atoms with Crippen molar-refractivity contribution in [3.05, 3.63) is 59.7 Å². The largest absolute Gasteiger partial charge is 0.483 e. The SMILES string of the molecule is CC(C)c1ccccc1OCC(=O)Nc1ccccc1C(=O)N(C)C. The molecule has 2 rings (SSSR count). The summed E-state index contributed by atoms with van der Waals surface area (Å²) in [5.74, 6) is 0.530. The smallest absolute Gasteiger partial charge is 0.262 e. The molecule has 0 unspecified atom stereocenters. The van der Waals surface area contributed by atoms with Gasteiger partial charge in [0.2, 0.25) is 0 Å². The number of carbonyl (C=O) groups excluding carboxylic acids is 2. The minimum atomic E-state index is -0.308. The summed E-state index contributed by atoms with van der Waals surface area (Å²) in [6.45, 7) is 4.03. The molecular weight excluding hydrogens is 316 g/mol. The Hall–Kier alpha value is -2.82. The molecule has 5 heteroatoms. The molecule has 0 fully saturated rings. The van der Waals surface area contributed by atoms with Crippen molar-refractivity contribution in [2.45, 2.75) is 19.8 Å². The van der Waals surface area contributed by atoms with Gasteiger partial charge >= 0.3 is 0 Å². The first-order valence-corrected chi connectivity index (χ1v) is 8.22. The van der Waals surface area contributed by atoms with Crippen LogP contribution in [0.4, 0.5) is 5.69 Å². The lowest BCUT2D eigenvalue weighted by atomic mass is 10.0. The molecule has 2 aromatic carbocycles. The number of nitrogens with zero attached hydrogens (tertiary/aromatic N) is 1. The van der Waals surface area contributed by atoms with Crippen molar-refractivity contribution in [2.75, 3.05) is 26.0 Å². The van der Waals surface area contributed by atoms with Crippen molar-refractivity contribution in [2.24, 2.45) is 0 Å². The van der Waals surface area contributed by atoms with Crippen molar-refractivity contribution in [3.63, 3.8) is 0 Å². The standard InChI is InChI=1S/C20H24N2O3/c1-14(2)15-9-6-8-12-18(15)25-13-19(23)21-17-11-7-5-10-16(17)20(24)22(3)4/h5-12,14H,13H2,1-4H3,(H,21,23). The number of nitrogens with one attached hydrogen (secondary N) is 1. The van der Waals surface area contributed by atoms with Crippen LogP contribution in [0.1, 0.15) is 35.7 Å². The summed E-state index contributed by atoms with van der Waals surface area (Å²) in [4.78, 5) is 25.9. The van der Waals surface area contributed by atoms with Crippen molar-refractivity contribution < 1.29 is 14.3 Å². The topological polar surface area (TPSA) is 58.6 Å². The van der Waals surface area contributed by atoms with Gasteiger partial charge < -0.3 is 15.0 Å². The van der Waals surface area contributed by atoms with E-state index in [1.807, 2.05) is 24.3 Å². The van der Waals surface area contributed by atoms with Crippen LogP contribution in [-0.4, -0.2) is 37.4 Å². The van der Waals surface area contributed by atoms with Crippen LogP contribution in [0.5, 0.6) is 5.75 Å². The van der Waals surface area contributed by atoms with Crippen LogP contribution in [0.3, 0.4) is 0 Å². The maximum absolute atomic E-state index is 12.3. The molecule has 1 N–H and O–H groups in total. The number of hydrogen-bond acceptors (Lipinski definition) is 3. The molecule has 0 aliphatic rings. The molecule has 0 aromatic heterocycles. The Morgan fingerprint density at radius 2 is 1.68 bits per heavy atom. The monoisotopic (exact) mass is 340 g/mol. The summed E-state index contributed by atoms with van der Waals surface area (Å²) in [6, 6.07) is 14.6. The summed E-state index contributed by atoms with van der Waals surface area (Å²) in [6.07, 6.45) is 0. The Morgan fingerprint density at radius 3 is 2.36 bits per heavy atom. The highest BCUT2D eigenvalue weighted by Crippen LogP contribution is 2.25. The number of anilines is 1. The zero-order valence-corrected chi connectivity index (χ0v) is 15.1. The van der Waals surface area contributed by atoms with E-state index in [1.165, 1.54) is 4.90 Å². The van der Waals surface area contributed by atoms with Gasteiger partial charge in [-0.2, -0.15) is 0 Å². The van der Waals surface area contributed by atoms with Crippen LogP contribution in [0.25, 0.3) is 0 Å². The van der Waals surface area contributed by atoms with E-state index < -0.39 is 0 Å². The Labute approximate surface area is 148 Å². The Kier molecular flexibility index (Phi) is 6.17. The van der Waals surface area contributed by atoms with Crippen LogP contribution < -0.4 is 10.1 Å². The van der Waals surface area contributed by atoms with E-state index in [-0.39, 0.29) is 18.4 Å². The number of rotatable bonds is 6.